The highest BCUT2D eigenvalue weighted by Crippen LogP contribution is 2.66. The lowest BCUT2D eigenvalue weighted by atomic mass is 9.67. The van der Waals surface area contributed by atoms with E-state index in [2.05, 4.69) is 56.2 Å². The summed E-state index contributed by atoms with van der Waals surface area (Å²) in [6.45, 7) is 22.3. The van der Waals surface area contributed by atoms with Crippen LogP contribution in [0, 0.1) is 22.2 Å². The van der Waals surface area contributed by atoms with E-state index in [0.717, 1.165) is 45.2 Å². The molecule has 2 aliphatic heterocycles. The fourth-order valence-electron chi connectivity index (χ4n) is 5.19. The molecule has 0 aromatic rings. The maximum Gasteiger partial charge on any atom is 0.236 e. The molecule has 4 nitrogen and oxygen atoms in total. The predicted molar refractivity (Wildman–Crippen MR) is 113 cm³/mol. The van der Waals surface area contributed by atoms with Crippen molar-refractivity contribution in [2.24, 2.45) is 22.2 Å². The summed E-state index contributed by atoms with van der Waals surface area (Å²) in [5, 5.41) is 0. The quantitative estimate of drug-likeness (QED) is 0.731. The Balaban J connectivity index is 1.38. The second-order valence-corrected chi connectivity index (χ2v) is 11.4. The Bertz CT molecular complexity index is 524. The van der Waals surface area contributed by atoms with Crippen LogP contribution in [-0.2, 0) is 4.79 Å². The molecule has 0 N–H and O–H groups in total. The van der Waals surface area contributed by atoms with Crippen LogP contribution in [0.3, 0.4) is 0 Å². The summed E-state index contributed by atoms with van der Waals surface area (Å²) in [5.74, 6) is 1.22. The maximum atomic E-state index is 12.8. The monoisotopic (exact) mass is 377 g/mol. The Labute approximate surface area is 167 Å². The van der Waals surface area contributed by atoms with Crippen molar-refractivity contribution in [3.8, 4) is 0 Å². The van der Waals surface area contributed by atoms with Gasteiger partial charge in [-0.05, 0) is 54.4 Å². The highest BCUT2D eigenvalue weighted by Gasteiger charge is 2.58. The molecular weight excluding hydrogens is 334 g/mol. The first-order chi connectivity index (χ1) is 12.5. The van der Waals surface area contributed by atoms with Crippen molar-refractivity contribution < 1.29 is 4.79 Å². The highest BCUT2D eigenvalue weighted by atomic mass is 16.2. The van der Waals surface area contributed by atoms with Gasteiger partial charge in [0.2, 0.25) is 5.91 Å². The van der Waals surface area contributed by atoms with Gasteiger partial charge in [0, 0.05) is 39.3 Å². The number of carbonyl (C=O) groups is 1. The molecule has 2 heterocycles. The lowest BCUT2D eigenvalue weighted by Crippen LogP contribution is -2.52. The van der Waals surface area contributed by atoms with Crippen LogP contribution in [0.25, 0.3) is 0 Å². The summed E-state index contributed by atoms with van der Waals surface area (Å²) in [5.41, 5.74) is 1.36. The van der Waals surface area contributed by atoms with Crippen molar-refractivity contribution in [2.45, 2.75) is 67.2 Å². The molecular formula is C23H43N3O. The van der Waals surface area contributed by atoms with E-state index in [9.17, 15) is 4.79 Å². The van der Waals surface area contributed by atoms with E-state index in [-0.39, 0.29) is 0 Å². The van der Waals surface area contributed by atoms with Crippen molar-refractivity contribution in [1.29, 1.82) is 0 Å². The summed E-state index contributed by atoms with van der Waals surface area (Å²) >= 11 is 0. The van der Waals surface area contributed by atoms with Gasteiger partial charge in [-0.3, -0.25) is 9.69 Å². The Morgan fingerprint density at radius 1 is 0.963 bits per heavy atom. The first-order valence-corrected chi connectivity index (χ1v) is 11.2. The average Bonchev–Trinajstić information content (AvgIpc) is 3.23. The number of hydrogen-bond donors (Lipinski definition) is 0. The molecule has 156 valence electrons. The SMILES string of the molecule is C[C@H]1CC1(C)C1(C)CCN(C(=O)CN2CCN(CCC(C)(C)C)CC2)CC1. The summed E-state index contributed by atoms with van der Waals surface area (Å²) in [6, 6.07) is 0. The standard InChI is InChI=1S/C23H43N3O/c1-19-17-23(19,6)22(5)8-11-26(12-9-22)20(27)18-25-15-13-24(14-16-25)10-7-21(2,3)4/h19H,7-18H2,1-6H3/t19-,23?/m0/s1. The van der Waals surface area contributed by atoms with Gasteiger partial charge in [-0.25, -0.2) is 0 Å². The van der Waals surface area contributed by atoms with Crippen LogP contribution >= 0.6 is 0 Å². The van der Waals surface area contributed by atoms with E-state index in [4.69, 9.17) is 0 Å². The molecule has 0 bridgehead atoms. The van der Waals surface area contributed by atoms with Gasteiger partial charge in [0.1, 0.15) is 0 Å². The van der Waals surface area contributed by atoms with Crippen LogP contribution in [0.5, 0.6) is 0 Å². The van der Waals surface area contributed by atoms with Gasteiger partial charge in [-0.1, -0.05) is 41.5 Å². The summed E-state index contributed by atoms with van der Waals surface area (Å²) < 4.78 is 0. The average molecular weight is 378 g/mol. The Kier molecular flexibility index (Phi) is 5.99. The van der Waals surface area contributed by atoms with Crippen LogP contribution in [0.1, 0.15) is 67.2 Å². The molecule has 27 heavy (non-hydrogen) atoms. The molecule has 1 amide bonds. The minimum atomic E-state index is 0.356. The van der Waals surface area contributed by atoms with Gasteiger partial charge in [-0.2, -0.15) is 0 Å². The first kappa shape index (κ1) is 21.1. The van der Waals surface area contributed by atoms with Gasteiger partial charge in [0.15, 0.2) is 0 Å². The molecule has 1 aliphatic carbocycles. The molecule has 0 radical (unpaired) electrons. The summed E-state index contributed by atoms with van der Waals surface area (Å²) in [6.07, 6.45) is 4.98. The Morgan fingerprint density at radius 2 is 1.48 bits per heavy atom. The van der Waals surface area contributed by atoms with E-state index in [1.807, 2.05) is 0 Å². The molecule has 3 aliphatic rings. The Morgan fingerprint density at radius 3 is 1.96 bits per heavy atom. The molecule has 0 spiro atoms. The Hall–Kier alpha value is -0.610. The van der Waals surface area contributed by atoms with Gasteiger partial charge in [0.05, 0.1) is 6.54 Å². The summed E-state index contributed by atoms with van der Waals surface area (Å²) in [7, 11) is 0. The third kappa shape index (κ3) is 4.87. The van der Waals surface area contributed by atoms with Crippen LogP contribution in [0.15, 0.2) is 0 Å². The van der Waals surface area contributed by atoms with Crippen LogP contribution < -0.4 is 0 Å². The molecule has 1 saturated carbocycles. The van der Waals surface area contributed by atoms with Crippen molar-refractivity contribution in [2.75, 3.05) is 52.4 Å². The van der Waals surface area contributed by atoms with Gasteiger partial charge < -0.3 is 9.80 Å². The van der Waals surface area contributed by atoms with E-state index in [0.29, 0.717) is 28.7 Å². The number of piperazine rings is 1. The van der Waals surface area contributed by atoms with Crippen molar-refractivity contribution in [1.82, 2.24) is 14.7 Å². The number of nitrogens with zero attached hydrogens (tertiary/aromatic N) is 3. The van der Waals surface area contributed by atoms with Gasteiger partial charge in [-0.15, -0.1) is 0 Å². The predicted octanol–water partition coefficient (Wildman–Crippen LogP) is 3.72. The van der Waals surface area contributed by atoms with E-state index < -0.39 is 0 Å². The smallest absolute Gasteiger partial charge is 0.236 e. The highest BCUT2D eigenvalue weighted by molar-refractivity contribution is 5.78. The largest absolute Gasteiger partial charge is 0.342 e. The molecule has 2 atom stereocenters. The lowest BCUT2D eigenvalue weighted by Gasteiger charge is -2.45. The first-order valence-electron chi connectivity index (χ1n) is 11.2. The third-order valence-corrected chi connectivity index (χ3v) is 8.26. The number of amides is 1. The fourth-order valence-corrected chi connectivity index (χ4v) is 5.19. The minimum absolute atomic E-state index is 0.356. The van der Waals surface area contributed by atoms with E-state index in [1.54, 1.807) is 0 Å². The molecule has 3 fully saturated rings. The molecule has 0 aromatic carbocycles. The van der Waals surface area contributed by atoms with Crippen molar-refractivity contribution >= 4 is 5.91 Å². The van der Waals surface area contributed by atoms with E-state index >= 15 is 0 Å². The molecule has 0 aromatic heterocycles. The lowest BCUT2D eigenvalue weighted by molar-refractivity contribution is -0.135. The molecule has 2 saturated heterocycles. The number of rotatable bonds is 5. The molecule has 3 rings (SSSR count). The topological polar surface area (TPSA) is 26.8 Å². The third-order valence-electron chi connectivity index (χ3n) is 8.26. The number of carbonyl (C=O) groups excluding carboxylic acids is 1. The number of piperidine rings is 1. The number of likely N-dealkylation sites (tertiary alicyclic amines) is 1. The second kappa shape index (κ2) is 7.67. The normalized spacial score (nSPS) is 32.5. The number of hydrogen-bond acceptors (Lipinski definition) is 3. The fraction of sp³-hybridized carbons (Fsp3) is 0.957. The van der Waals surface area contributed by atoms with Crippen molar-refractivity contribution in [3.05, 3.63) is 0 Å². The summed E-state index contributed by atoms with van der Waals surface area (Å²) in [4.78, 5) is 19.9. The second-order valence-electron chi connectivity index (χ2n) is 11.4. The van der Waals surface area contributed by atoms with Gasteiger partial charge in [0.25, 0.3) is 0 Å². The zero-order valence-corrected chi connectivity index (χ0v) is 18.8. The maximum absolute atomic E-state index is 12.8. The van der Waals surface area contributed by atoms with Gasteiger partial charge >= 0.3 is 0 Å². The minimum Gasteiger partial charge on any atom is -0.342 e. The molecule has 1 unspecified atom stereocenters. The van der Waals surface area contributed by atoms with Crippen LogP contribution in [0.4, 0.5) is 0 Å². The molecule has 4 heteroatoms. The van der Waals surface area contributed by atoms with E-state index in [1.165, 1.54) is 32.2 Å². The zero-order valence-electron chi connectivity index (χ0n) is 18.8. The zero-order chi connectivity index (χ0) is 19.9. The van der Waals surface area contributed by atoms with Crippen LogP contribution in [-0.4, -0.2) is 73.0 Å². The van der Waals surface area contributed by atoms with Crippen LogP contribution in [0.2, 0.25) is 0 Å². The van der Waals surface area contributed by atoms with Crippen molar-refractivity contribution in [3.63, 3.8) is 0 Å².